The molecular formula is C11H13NO3. The van der Waals surface area contributed by atoms with Gasteiger partial charge in [0.05, 0.1) is 5.52 Å². The summed E-state index contributed by atoms with van der Waals surface area (Å²) in [6.07, 6.45) is 0.558. The van der Waals surface area contributed by atoms with E-state index in [2.05, 4.69) is 0 Å². The van der Waals surface area contributed by atoms with Crippen molar-refractivity contribution in [3.63, 3.8) is 0 Å². The van der Waals surface area contributed by atoms with Gasteiger partial charge >= 0.3 is 5.76 Å². The molecule has 1 heterocycles. The first-order chi connectivity index (χ1) is 7.22. The van der Waals surface area contributed by atoms with E-state index in [1.165, 1.54) is 0 Å². The molecule has 1 aromatic carbocycles. The minimum absolute atomic E-state index is 0.0743. The van der Waals surface area contributed by atoms with Crippen molar-refractivity contribution in [2.24, 2.45) is 0 Å². The van der Waals surface area contributed by atoms with Gasteiger partial charge in [-0.3, -0.25) is 4.57 Å². The summed E-state index contributed by atoms with van der Waals surface area (Å²) >= 11 is 0. The Morgan fingerprint density at radius 2 is 2.27 bits per heavy atom. The fourth-order valence-corrected chi connectivity index (χ4v) is 1.61. The third-order valence-corrected chi connectivity index (χ3v) is 2.36. The molecule has 2 rings (SSSR count). The Morgan fingerprint density at radius 1 is 1.47 bits per heavy atom. The van der Waals surface area contributed by atoms with Crippen LogP contribution in [-0.2, 0) is 6.54 Å². The first-order valence-corrected chi connectivity index (χ1v) is 4.93. The van der Waals surface area contributed by atoms with Crippen LogP contribution in [0.1, 0.15) is 12.0 Å². The van der Waals surface area contributed by atoms with Gasteiger partial charge in [0.2, 0.25) is 0 Å². The highest BCUT2D eigenvalue weighted by Crippen LogP contribution is 2.14. The van der Waals surface area contributed by atoms with E-state index in [1.807, 2.05) is 19.1 Å². The molecule has 0 aliphatic carbocycles. The number of rotatable bonds is 3. The van der Waals surface area contributed by atoms with E-state index in [9.17, 15) is 4.79 Å². The number of oxazole rings is 1. The summed E-state index contributed by atoms with van der Waals surface area (Å²) in [4.78, 5) is 11.5. The predicted molar refractivity (Wildman–Crippen MR) is 56.9 cm³/mol. The van der Waals surface area contributed by atoms with E-state index in [0.29, 0.717) is 18.5 Å². The number of nitrogens with zero attached hydrogens (tertiary/aromatic N) is 1. The molecule has 0 atom stereocenters. The molecule has 2 aromatic rings. The molecule has 0 unspecified atom stereocenters. The van der Waals surface area contributed by atoms with Gasteiger partial charge in [-0.2, -0.15) is 0 Å². The second kappa shape index (κ2) is 3.90. The summed E-state index contributed by atoms with van der Waals surface area (Å²) in [5.41, 5.74) is 2.48. The highest BCUT2D eigenvalue weighted by Gasteiger charge is 2.08. The van der Waals surface area contributed by atoms with Crippen molar-refractivity contribution in [2.75, 3.05) is 6.61 Å². The third kappa shape index (κ3) is 1.80. The van der Waals surface area contributed by atoms with Crippen LogP contribution < -0.4 is 5.76 Å². The van der Waals surface area contributed by atoms with Crippen molar-refractivity contribution in [2.45, 2.75) is 19.9 Å². The number of hydrogen-bond acceptors (Lipinski definition) is 3. The average molecular weight is 207 g/mol. The Kier molecular flexibility index (Phi) is 2.60. The topological polar surface area (TPSA) is 55.4 Å². The molecule has 0 amide bonds. The zero-order valence-corrected chi connectivity index (χ0v) is 8.56. The second-order valence-corrected chi connectivity index (χ2v) is 3.57. The van der Waals surface area contributed by atoms with Crippen molar-refractivity contribution >= 4 is 11.1 Å². The van der Waals surface area contributed by atoms with Crippen LogP contribution in [0.5, 0.6) is 0 Å². The molecule has 0 bridgehead atoms. The van der Waals surface area contributed by atoms with Crippen LogP contribution in [0, 0.1) is 6.92 Å². The minimum Gasteiger partial charge on any atom is -0.408 e. The molecule has 15 heavy (non-hydrogen) atoms. The molecule has 1 aromatic heterocycles. The molecule has 4 heteroatoms. The van der Waals surface area contributed by atoms with Crippen LogP contribution in [0.2, 0.25) is 0 Å². The molecule has 0 saturated heterocycles. The van der Waals surface area contributed by atoms with Gasteiger partial charge in [-0.25, -0.2) is 4.79 Å². The van der Waals surface area contributed by atoms with Gasteiger partial charge in [0, 0.05) is 13.2 Å². The molecule has 1 N–H and O–H groups in total. The smallest absolute Gasteiger partial charge is 0.408 e. The van der Waals surface area contributed by atoms with Crippen molar-refractivity contribution in [3.05, 3.63) is 34.3 Å². The maximum absolute atomic E-state index is 11.5. The highest BCUT2D eigenvalue weighted by atomic mass is 16.4. The molecule has 0 spiro atoms. The monoisotopic (exact) mass is 207 g/mol. The summed E-state index contributed by atoms with van der Waals surface area (Å²) in [5.74, 6) is -0.357. The van der Waals surface area contributed by atoms with Crippen molar-refractivity contribution < 1.29 is 9.52 Å². The number of aliphatic hydroxyl groups excluding tert-OH is 1. The largest absolute Gasteiger partial charge is 0.419 e. The second-order valence-electron chi connectivity index (χ2n) is 3.57. The Bertz CT molecular complexity index is 524. The molecule has 80 valence electrons. The summed E-state index contributed by atoms with van der Waals surface area (Å²) in [6.45, 7) is 2.53. The number of aliphatic hydroxyl groups is 1. The Morgan fingerprint density at radius 3 is 3.00 bits per heavy atom. The summed E-state index contributed by atoms with van der Waals surface area (Å²) in [5, 5.41) is 8.74. The van der Waals surface area contributed by atoms with Gasteiger partial charge in [-0.05, 0) is 31.0 Å². The Labute approximate surface area is 86.8 Å². The molecule has 0 radical (unpaired) electrons. The van der Waals surface area contributed by atoms with Gasteiger partial charge in [0.15, 0.2) is 5.58 Å². The number of hydrogen-bond donors (Lipinski definition) is 1. The van der Waals surface area contributed by atoms with Crippen molar-refractivity contribution in [3.8, 4) is 0 Å². The lowest BCUT2D eigenvalue weighted by Gasteiger charge is -1.99. The fourth-order valence-electron chi connectivity index (χ4n) is 1.61. The van der Waals surface area contributed by atoms with Gasteiger partial charge in [-0.15, -0.1) is 0 Å². The average Bonchev–Trinajstić information content (AvgIpc) is 2.51. The molecule has 0 aliphatic rings. The maximum atomic E-state index is 11.5. The molecule has 0 saturated carbocycles. The van der Waals surface area contributed by atoms with Crippen LogP contribution in [0.25, 0.3) is 11.1 Å². The normalized spacial score (nSPS) is 11.1. The van der Waals surface area contributed by atoms with E-state index in [-0.39, 0.29) is 12.4 Å². The van der Waals surface area contributed by atoms with Crippen molar-refractivity contribution in [1.82, 2.24) is 4.57 Å². The Hall–Kier alpha value is -1.55. The van der Waals surface area contributed by atoms with Gasteiger partial charge in [-0.1, -0.05) is 6.07 Å². The van der Waals surface area contributed by atoms with E-state index in [0.717, 1.165) is 11.1 Å². The standard InChI is InChI=1S/C11H13NO3/c1-8-3-4-10-9(7-8)12(5-2-6-13)11(14)15-10/h3-4,7,13H,2,5-6H2,1H3. The van der Waals surface area contributed by atoms with Gasteiger partial charge < -0.3 is 9.52 Å². The van der Waals surface area contributed by atoms with Gasteiger partial charge in [0.1, 0.15) is 0 Å². The zero-order valence-electron chi connectivity index (χ0n) is 8.56. The maximum Gasteiger partial charge on any atom is 0.419 e. The number of fused-ring (bicyclic) bond motifs is 1. The van der Waals surface area contributed by atoms with Crippen LogP contribution in [0.15, 0.2) is 27.4 Å². The van der Waals surface area contributed by atoms with Crippen molar-refractivity contribution in [1.29, 1.82) is 0 Å². The van der Waals surface area contributed by atoms with E-state index in [1.54, 1.807) is 10.6 Å². The summed E-state index contributed by atoms with van der Waals surface area (Å²) in [6, 6.07) is 5.61. The quantitative estimate of drug-likeness (QED) is 0.825. The van der Waals surface area contributed by atoms with E-state index < -0.39 is 0 Å². The lowest BCUT2D eigenvalue weighted by molar-refractivity contribution is 0.278. The summed E-state index contributed by atoms with van der Waals surface area (Å²) < 4.78 is 6.63. The fraction of sp³-hybridized carbons (Fsp3) is 0.364. The number of aromatic nitrogens is 1. The highest BCUT2D eigenvalue weighted by molar-refractivity contribution is 5.73. The Balaban J connectivity index is 2.55. The van der Waals surface area contributed by atoms with Crippen LogP contribution >= 0.6 is 0 Å². The lowest BCUT2D eigenvalue weighted by atomic mass is 10.2. The zero-order chi connectivity index (χ0) is 10.8. The number of benzene rings is 1. The predicted octanol–water partition coefficient (Wildman–Crippen LogP) is 1.29. The molecular weight excluding hydrogens is 194 g/mol. The lowest BCUT2D eigenvalue weighted by Crippen LogP contribution is -2.14. The first kappa shape index (κ1) is 9.98. The first-order valence-electron chi connectivity index (χ1n) is 4.93. The van der Waals surface area contributed by atoms with E-state index in [4.69, 9.17) is 9.52 Å². The SMILES string of the molecule is Cc1ccc2oc(=O)n(CCCO)c2c1. The molecule has 4 nitrogen and oxygen atoms in total. The third-order valence-electron chi connectivity index (χ3n) is 2.36. The van der Waals surface area contributed by atoms with Gasteiger partial charge in [0.25, 0.3) is 0 Å². The van der Waals surface area contributed by atoms with Crippen LogP contribution in [-0.4, -0.2) is 16.3 Å². The number of aryl methyl sites for hydroxylation is 2. The van der Waals surface area contributed by atoms with Crippen LogP contribution in [0.4, 0.5) is 0 Å². The molecule has 0 aliphatic heterocycles. The summed E-state index contributed by atoms with van der Waals surface area (Å²) in [7, 11) is 0. The molecule has 0 fully saturated rings. The minimum atomic E-state index is -0.357. The van der Waals surface area contributed by atoms with E-state index >= 15 is 0 Å². The van der Waals surface area contributed by atoms with Crippen LogP contribution in [0.3, 0.4) is 0 Å².